The number of ether oxygens (including phenoxy) is 1. The Labute approximate surface area is 182 Å². The Hall–Kier alpha value is -3.65. The van der Waals surface area contributed by atoms with Crippen molar-refractivity contribution in [2.24, 2.45) is 17.6 Å². The highest BCUT2D eigenvalue weighted by atomic mass is 16.5. The van der Waals surface area contributed by atoms with E-state index in [9.17, 15) is 29.7 Å². The lowest BCUT2D eigenvalue weighted by Crippen LogP contribution is -2.57. The first-order chi connectivity index (χ1) is 15.2. The van der Waals surface area contributed by atoms with Crippen LogP contribution in [-0.4, -0.2) is 45.5 Å². The van der Waals surface area contributed by atoms with Crippen molar-refractivity contribution in [3.05, 3.63) is 64.1 Å². The SMILES string of the molecule is COc1c2c(cc3ccccc13)CC1C[C@H]3CC(O)=C(C(N)=O)C(=O)[C@@]3(O)C(O)=C1C2=O. The van der Waals surface area contributed by atoms with Gasteiger partial charge in [0.15, 0.2) is 11.4 Å². The van der Waals surface area contributed by atoms with Crippen molar-refractivity contribution in [2.75, 3.05) is 7.11 Å². The summed E-state index contributed by atoms with van der Waals surface area (Å²) in [5.41, 5.74) is 2.93. The van der Waals surface area contributed by atoms with Crippen LogP contribution in [0.25, 0.3) is 10.8 Å². The van der Waals surface area contributed by atoms with E-state index in [0.717, 1.165) is 16.3 Å². The molecule has 0 bridgehead atoms. The number of aliphatic hydroxyl groups excluding tert-OH is 2. The maximum absolute atomic E-state index is 13.6. The van der Waals surface area contributed by atoms with Crippen molar-refractivity contribution in [3.63, 3.8) is 0 Å². The minimum atomic E-state index is -2.50. The first-order valence-corrected chi connectivity index (χ1v) is 10.3. The summed E-state index contributed by atoms with van der Waals surface area (Å²) < 4.78 is 5.57. The van der Waals surface area contributed by atoms with Crippen LogP contribution in [0.15, 0.2) is 53.0 Å². The molecule has 0 heterocycles. The van der Waals surface area contributed by atoms with Gasteiger partial charge in [0.25, 0.3) is 5.91 Å². The number of carbonyl (C=O) groups is 3. The summed E-state index contributed by atoms with van der Waals surface area (Å²) in [6.45, 7) is 0. The zero-order valence-electron chi connectivity index (χ0n) is 17.2. The largest absolute Gasteiger partial charge is 0.511 e. The maximum Gasteiger partial charge on any atom is 0.255 e. The minimum Gasteiger partial charge on any atom is -0.511 e. The van der Waals surface area contributed by atoms with Gasteiger partial charge in [0.2, 0.25) is 5.78 Å². The molecule has 5 N–H and O–H groups in total. The summed E-state index contributed by atoms with van der Waals surface area (Å²) >= 11 is 0. The van der Waals surface area contributed by atoms with Gasteiger partial charge < -0.3 is 25.8 Å². The van der Waals surface area contributed by atoms with Gasteiger partial charge in [-0.2, -0.15) is 0 Å². The van der Waals surface area contributed by atoms with Crippen LogP contribution in [0.4, 0.5) is 0 Å². The van der Waals surface area contributed by atoms with Gasteiger partial charge in [0, 0.05) is 23.3 Å². The number of hydrogen-bond donors (Lipinski definition) is 4. The number of Topliss-reactive ketones (excluding diaryl/α,β-unsaturated/α-hetero) is 2. The summed E-state index contributed by atoms with van der Waals surface area (Å²) in [6, 6.07) is 9.36. The third-order valence-corrected chi connectivity index (χ3v) is 6.96. The Bertz CT molecular complexity index is 1300. The normalized spacial score (nSPS) is 27.2. The standard InChI is InChI=1S/C24H21NO7/c1-32-20-14-5-3-2-4-10(14)6-11-7-12-8-13-9-15(26)18(23(25)30)22(29)24(13,31)21(28)17(12)19(27)16(11)20/h2-6,12-13,26,28,31H,7-9H2,1H3,(H2,25,30)/t12?,13-,24-/m0/s1. The predicted octanol–water partition coefficient (Wildman–Crippen LogP) is 2.04. The molecular formula is C24H21NO7. The highest BCUT2D eigenvalue weighted by Gasteiger charge is 2.59. The van der Waals surface area contributed by atoms with Gasteiger partial charge in [-0.3, -0.25) is 14.4 Å². The van der Waals surface area contributed by atoms with Crippen LogP contribution in [0.2, 0.25) is 0 Å². The van der Waals surface area contributed by atoms with Crippen LogP contribution < -0.4 is 10.5 Å². The molecule has 3 aliphatic carbocycles. The van der Waals surface area contributed by atoms with E-state index in [1.165, 1.54) is 7.11 Å². The third kappa shape index (κ3) is 2.44. The first-order valence-electron chi connectivity index (χ1n) is 10.3. The molecule has 0 radical (unpaired) electrons. The fraction of sp³-hybridized carbons (Fsp3) is 0.292. The van der Waals surface area contributed by atoms with Gasteiger partial charge in [-0.1, -0.05) is 30.3 Å². The Morgan fingerprint density at radius 3 is 2.59 bits per heavy atom. The van der Waals surface area contributed by atoms with E-state index in [-0.39, 0.29) is 24.0 Å². The lowest BCUT2D eigenvalue weighted by molar-refractivity contribution is -0.144. The van der Waals surface area contributed by atoms with Crippen LogP contribution >= 0.6 is 0 Å². The molecule has 164 valence electrons. The Kier molecular flexibility index (Phi) is 4.22. The second-order valence-corrected chi connectivity index (χ2v) is 8.58. The molecule has 0 fully saturated rings. The molecule has 0 spiro atoms. The van der Waals surface area contributed by atoms with Gasteiger partial charge in [0.05, 0.1) is 12.7 Å². The summed E-state index contributed by atoms with van der Waals surface area (Å²) in [5, 5.41) is 34.2. The average Bonchev–Trinajstić information content (AvgIpc) is 2.74. The smallest absolute Gasteiger partial charge is 0.255 e. The third-order valence-electron chi connectivity index (χ3n) is 6.96. The lowest BCUT2D eigenvalue weighted by atomic mass is 9.60. The zero-order chi connectivity index (χ0) is 22.9. The number of methoxy groups -OCH3 is 1. The molecule has 8 heteroatoms. The fourth-order valence-electron chi connectivity index (χ4n) is 5.53. The second-order valence-electron chi connectivity index (χ2n) is 8.58. The number of carbonyl (C=O) groups excluding carboxylic acids is 3. The monoisotopic (exact) mass is 435 g/mol. The summed E-state index contributed by atoms with van der Waals surface area (Å²) in [7, 11) is 1.46. The number of ketones is 2. The quantitative estimate of drug-likeness (QED) is 0.528. The molecule has 5 rings (SSSR count). The van der Waals surface area contributed by atoms with Gasteiger partial charge >= 0.3 is 0 Å². The zero-order valence-corrected chi connectivity index (χ0v) is 17.2. The Morgan fingerprint density at radius 1 is 1.19 bits per heavy atom. The molecule has 3 atom stereocenters. The summed E-state index contributed by atoms with van der Waals surface area (Å²) in [6.07, 6.45) is 0.337. The summed E-state index contributed by atoms with van der Waals surface area (Å²) in [5.74, 6) is -5.22. The lowest BCUT2D eigenvalue weighted by Gasteiger charge is -2.45. The van der Waals surface area contributed by atoms with Crippen molar-refractivity contribution >= 4 is 28.2 Å². The van der Waals surface area contributed by atoms with Crippen molar-refractivity contribution in [3.8, 4) is 5.75 Å². The Balaban J connectivity index is 1.73. The fourth-order valence-corrected chi connectivity index (χ4v) is 5.53. The molecule has 2 aromatic carbocycles. The molecule has 1 unspecified atom stereocenters. The second kappa shape index (κ2) is 6.67. The van der Waals surface area contributed by atoms with Crippen molar-refractivity contribution in [1.29, 1.82) is 0 Å². The number of hydrogen-bond acceptors (Lipinski definition) is 7. The maximum atomic E-state index is 13.6. The number of allylic oxidation sites excluding steroid dienone is 2. The first kappa shape index (κ1) is 20.3. The highest BCUT2D eigenvalue weighted by Crippen LogP contribution is 2.52. The van der Waals surface area contributed by atoms with E-state index in [0.29, 0.717) is 12.2 Å². The van der Waals surface area contributed by atoms with Gasteiger partial charge in [0.1, 0.15) is 22.8 Å². The van der Waals surface area contributed by atoms with E-state index in [1.54, 1.807) is 0 Å². The van der Waals surface area contributed by atoms with Gasteiger partial charge in [-0.25, -0.2) is 0 Å². The average molecular weight is 435 g/mol. The molecule has 1 amide bonds. The van der Waals surface area contributed by atoms with Gasteiger partial charge in [-0.15, -0.1) is 0 Å². The molecule has 0 saturated carbocycles. The number of fused-ring (bicyclic) bond motifs is 4. The minimum absolute atomic E-state index is 0.0663. The molecular weight excluding hydrogens is 414 g/mol. The molecule has 0 aromatic heterocycles. The number of amides is 1. The number of benzene rings is 2. The number of nitrogens with two attached hydrogens (primary N) is 1. The van der Waals surface area contributed by atoms with E-state index in [1.807, 2.05) is 30.3 Å². The topological polar surface area (TPSA) is 147 Å². The molecule has 8 nitrogen and oxygen atoms in total. The summed E-state index contributed by atoms with van der Waals surface area (Å²) in [4.78, 5) is 38.3. The van der Waals surface area contributed by atoms with Crippen LogP contribution in [0.5, 0.6) is 5.75 Å². The van der Waals surface area contributed by atoms with E-state index in [2.05, 4.69) is 0 Å². The van der Waals surface area contributed by atoms with Crippen molar-refractivity contribution < 1.29 is 34.4 Å². The van der Waals surface area contributed by atoms with Crippen LogP contribution in [0.1, 0.15) is 28.8 Å². The Morgan fingerprint density at radius 2 is 1.91 bits per heavy atom. The predicted molar refractivity (Wildman–Crippen MR) is 113 cm³/mol. The molecule has 2 aromatic rings. The van der Waals surface area contributed by atoms with Gasteiger partial charge in [-0.05, 0) is 29.7 Å². The van der Waals surface area contributed by atoms with Crippen molar-refractivity contribution in [2.45, 2.75) is 24.9 Å². The highest BCUT2D eigenvalue weighted by molar-refractivity contribution is 6.24. The van der Waals surface area contributed by atoms with Crippen LogP contribution in [0.3, 0.4) is 0 Å². The van der Waals surface area contributed by atoms with E-state index >= 15 is 0 Å². The molecule has 0 saturated heterocycles. The molecule has 32 heavy (non-hydrogen) atoms. The van der Waals surface area contributed by atoms with E-state index < -0.39 is 52.0 Å². The van der Waals surface area contributed by atoms with E-state index in [4.69, 9.17) is 10.5 Å². The number of primary amides is 1. The molecule has 0 aliphatic heterocycles. The van der Waals surface area contributed by atoms with Crippen LogP contribution in [-0.2, 0) is 16.0 Å². The number of rotatable bonds is 2. The van der Waals surface area contributed by atoms with Crippen LogP contribution in [0, 0.1) is 11.8 Å². The van der Waals surface area contributed by atoms with Crippen molar-refractivity contribution in [1.82, 2.24) is 0 Å². The number of aliphatic hydroxyl groups is 3. The molecule has 3 aliphatic rings.